The van der Waals surface area contributed by atoms with Crippen molar-refractivity contribution < 1.29 is 5.11 Å². The van der Waals surface area contributed by atoms with Gasteiger partial charge in [0.05, 0.1) is 6.10 Å². The average Bonchev–Trinajstić information content (AvgIpc) is 2.96. The molecule has 1 heterocycles. The number of rotatable bonds is 3. The molecule has 1 aromatic heterocycles. The van der Waals surface area contributed by atoms with E-state index in [1.165, 1.54) is 40.8 Å². The number of aliphatic hydroxyl groups is 1. The van der Waals surface area contributed by atoms with Gasteiger partial charge >= 0.3 is 0 Å². The van der Waals surface area contributed by atoms with Crippen molar-refractivity contribution in [1.82, 2.24) is 0 Å². The molecule has 19 heavy (non-hydrogen) atoms. The summed E-state index contributed by atoms with van der Waals surface area (Å²) in [4.78, 5) is 2.27. The van der Waals surface area contributed by atoms with Gasteiger partial charge in [0, 0.05) is 20.6 Å². The third-order valence-electron chi connectivity index (χ3n) is 3.80. The van der Waals surface area contributed by atoms with Crippen molar-refractivity contribution in [2.24, 2.45) is 0 Å². The monoisotopic (exact) mass is 336 g/mol. The van der Waals surface area contributed by atoms with Crippen molar-refractivity contribution in [3.05, 3.63) is 55.2 Å². The SMILES string of the molecule is Cc1sc(C(O)Cc2ccc3c(c2)CCC3)cc1Br. The lowest BCUT2D eigenvalue weighted by molar-refractivity contribution is 0.182. The molecule has 1 unspecified atom stereocenters. The number of hydrogen-bond donors (Lipinski definition) is 1. The van der Waals surface area contributed by atoms with Gasteiger partial charge in [-0.05, 0) is 64.9 Å². The van der Waals surface area contributed by atoms with Crippen molar-refractivity contribution in [3.8, 4) is 0 Å². The Labute approximate surface area is 126 Å². The van der Waals surface area contributed by atoms with Crippen LogP contribution in [0.25, 0.3) is 0 Å². The summed E-state index contributed by atoms with van der Waals surface area (Å²) in [6.45, 7) is 2.07. The highest BCUT2D eigenvalue weighted by atomic mass is 79.9. The predicted octanol–water partition coefficient (Wildman–Crippen LogP) is 4.58. The number of thiophene rings is 1. The van der Waals surface area contributed by atoms with Crippen LogP contribution in [-0.4, -0.2) is 5.11 Å². The molecule has 0 radical (unpaired) electrons. The fraction of sp³-hybridized carbons (Fsp3) is 0.375. The van der Waals surface area contributed by atoms with Crippen LogP contribution in [0.2, 0.25) is 0 Å². The summed E-state index contributed by atoms with van der Waals surface area (Å²) in [5.41, 5.74) is 4.22. The zero-order chi connectivity index (χ0) is 13.4. The van der Waals surface area contributed by atoms with E-state index < -0.39 is 6.10 Å². The third-order valence-corrected chi connectivity index (χ3v) is 6.03. The molecule has 1 nitrogen and oxygen atoms in total. The highest BCUT2D eigenvalue weighted by Crippen LogP contribution is 2.32. The van der Waals surface area contributed by atoms with Gasteiger partial charge in [0.1, 0.15) is 0 Å². The van der Waals surface area contributed by atoms with E-state index in [0.717, 1.165) is 9.35 Å². The van der Waals surface area contributed by atoms with E-state index in [1.54, 1.807) is 11.3 Å². The van der Waals surface area contributed by atoms with E-state index in [0.29, 0.717) is 6.42 Å². The lowest BCUT2D eigenvalue weighted by atomic mass is 10.0. The Kier molecular flexibility index (Phi) is 3.79. The van der Waals surface area contributed by atoms with E-state index in [1.807, 2.05) is 6.07 Å². The third kappa shape index (κ3) is 2.78. The Balaban J connectivity index is 1.77. The molecule has 100 valence electrons. The smallest absolute Gasteiger partial charge is 0.0922 e. The van der Waals surface area contributed by atoms with Crippen molar-refractivity contribution in [3.63, 3.8) is 0 Å². The molecular weight excluding hydrogens is 320 g/mol. The summed E-state index contributed by atoms with van der Waals surface area (Å²) in [5.74, 6) is 0. The van der Waals surface area contributed by atoms with Crippen LogP contribution in [0.1, 0.15) is 39.0 Å². The zero-order valence-corrected chi connectivity index (χ0v) is 13.4. The maximum absolute atomic E-state index is 10.3. The number of aryl methyl sites for hydroxylation is 3. The largest absolute Gasteiger partial charge is 0.387 e. The Morgan fingerprint density at radius 1 is 1.26 bits per heavy atom. The second kappa shape index (κ2) is 5.39. The van der Waals surface area contributed by atoms with Crippen LogP contribution in [-0.2, 0) is 19.3 Å². The molecule has 0 saturated carbocycles. The van der Waals surface area contributed by atoms with E-state index in [2.05, 4.69) is 41.1 Å². The molecule has 0 fully saturated rings. The molecule has 1 aliphatic carbocycles. The van der Waals surface area contributed by atoms with Crippen LogP contribution in [0.4, 0.5) is 0 Å². The van der Waals surface area contributed by atoms with Crippen LogP contribution in [0.3, 0.4) is 0 Å². The highest BCUT2D eigenvalue weighted by molar-refractivity contribution is 9.10. The minimum Gasteiger partial charge on any atom is -0.387 e. The summed E-state index contributed by atoms with van der Waals surface area (Å²) >= 11 is 5.18. The predicted molar refractivity (Wildman–Crippen MR) is 83.9 cm³/mol. The Bertz CT molecular complexity index is 583. The molecule has 1 N–H and O–H groups in total. The minimum atomic E-state index is -0.394. The maximum atomic E-state index is 10.3. The van der Waals surface area contributed by atoms with Crippen LogP contribution < -0.4 is 0 Å². The molecule has 3 rings (SSSR count). The first kappa shape index (κ1) is 13.3. The molecule has 0 bridgehead atoms. The van der Waals surface area contributed by atoms with Crippen molar-refractivity contribution in [2.45, 2.75) is 38.7 Å². The Morgan fingerprint density at radius 2 is 2.05 bits per heavy atom. The van der Waals surface area contributed by atoms with E-state index in [4.69, 9.17) is 0 Å². The van der Waals surface area contributed by atoms with Crippen molar-refractivity contribution >= 4 is 27.3 Å². The normalized spacial score (nSPS) is 15.5. The minimum absolute atomic E-state index is 0.394. The molecule has 0 saturated heterocycles. The molecule has 3 heteroatoms. The first-order valence-electron chi connectivity index (χ1n) is 6.68. The first-order valence-corrected chi connectivity index (χ1v) is 8.29. The topological polar surface area (TPSA) is 20.2 Å². The maximum Gasteiger partial charge on any atom is 0.0922 e. The highest BCUT2D eigenvalue weighted by Gasteiger charge is 2.15. The molecule has 0 aliphatic heterocycles. The Morgan fingerprint density at radius 3 is 2.79 bits per heavy atom. The molecule has 0 amide bonds. The van der Waals surface area contributed by atoms with E-state index in [9.17, 15) is 5.11 Å². The lowest BCUT2D eigenvalue weighted by Crippen LogP contribution is -2.00. The van der Waals surface area contributed by atoms with E-state index in [-0.39, 0.29) is 0 Å². The molecule has 1 aliphatic rings. The van der Waals surface area contributed by atoms with Crippen LogP contribution in [0.5, 0.6) is 0 Å². The molecular formula is C16H17BrOS. The van der Waals surface area contributed by atoms with Gasteiger partial charge in [0.2, 0.25) is 0 Å². The summed E-state index contributed by atoms with van der Waals surface area (Å²) in [5, 5.41) is 10.3. The number of halogens is 1. The average molecular weight is 337 g/mol. The lowest BCUT2D eigenvalue weighted by Gasteiger charge is -2.10. The fourth-order valence-electron chi connectivity index (χ4n) is 2.72. The second-order valence-corrected chi connectivity index (χ2v) is 7.37. The molecule has 1 atom stereocenters. The fourth-order valence-corrected chi connectivity index (χ4v) is 4.27. The van der Waals surface area contributed by atoms with Crippen LogP contribution in [0, 0.1) is 6.92 Å². The van der Waals surface area contributed by atoms with Crippen LogP contribution in [0.15, 0.2) is 28.7 Å². The molecule has 1 aromatic carbocycles. The first-order chi connectivity index (χ1) is 9.13. The number of hydrogen-bond acceptors (Lipinski definition) is 2. The number of fused-ring (bicyclic) bond motifs is 1. The quantitative estimate of drug-likeness (QED) is 0.869. The summed E-state index contributed by atoms with van der Waals surface area (Å²) in [6, 6.07) is 8.72. The second-order valence-electron chi connectivity index (χ2n) is 5.23. The van der Waals surface area contributed by atoms with Gasteiger partial charge in [-0.2, -0.15) is 0 Å². The molecule has 0 spiro atoms. The standard InChI is InChI=1S/C16H17BrOS/c1-10-14(17)9-16(19-10)15(18)8-11-5-6-12-3-2-4-13(12)7-11/h5-7,9,15,18H,2-4,8H2,1H3. The molecule has 2 aromatic rings. The summed E-state index contributed by atoms with van der Waals surface area (Å²) in [6.07, 6.45) is 4.01. The van der Waals surface area contributed by atoms with Gasteiger partial charge in [0.15, 0.2) is 0 Å². The van der Waals surface area contributed by atoms with Gasteiger partial charge < -0.3 is 5.11 Å². The van der Waals surface area contributed by atoms with Crippen molar-refractivity contribution in [2.75, 3.05) is 0 Å². The van der Waals surface area contributed by atoms with Gasteiger partial charge in [0.25, 0.3) is 0 Å². The van der Waals surface area contributed by atoms with Gasteiger partial charge in [-0.15, -0.1) is 11.3 Å². The number of benzene rings is 1. The van der Waals surface area contributed by atoms with Crippen molar-refractivity contribution in [1.29, 1.82) is 0 Å². The van der Waals surface area contributed by atoms with Crippen LogP contribution >= 0.6 is 27.3 Å². The Hall–Kier alpha value is -0.640. The van der Waals surface area contributed by atoms with Gasteiger partial charge in [-0.25, -0.2) is 0 Å². The van der Waals surface area contributed by atoms with Gasteiger partial charge in [-0.1, -0.05) is 18.2 Å². The van der Waals surface area contributed by atoms with Gasteiger partial charge in [-0.3, -0.25) is 0 Å². The number of aliphatic hydroxyl groups excluding tert-OH is 1. The summed E-state index contributed by atoms with van der Waals surface area (Å²) in [7, 11) is 0. The van der Waals surface area contributed by atoms with E-state index >= 15 is 0 Å². The summed E-state index contributed by atoms with van der Waals surface area (Å²) < 4.78 is 1.10. The zero-order valence-electron chi connectivity index (χ0n) is 10.9.